The average Bonchev–Trinajstić information content (AvgIpc) is 2.17. The number of anilines is 1. The second-order valence-corrected chi connectivity index (χ2v) is 3.86. The van der Waals surface area contributed by atoms with Crippen LogP contribution < -0.4 is 4.90 Å². The van der Waals surface area contributed by atoms with E-state index in [9.17, 15) is 0 Å². The predicted molar refractivity (Wildman–Crippen MR) is 61.4 cm³/mol. The van der Waals surface area contributed by atoms with Crippen LogP contribution in [0.15, 0.2) is 12.3 Å². The first-order valence-corrected chi connectivity index (χ1v) is 5.28. The van der Waals surface area contributed by atoms with Crippen LogP contribution in [-0.4, -0.2) is 36.3 Å². The van der Waals surface area contributed by atoms with Crippen LogP contribution in [-0.2, 0) is 4.74 Å². The molecule has 0 aliphatic heterocycles. The Morgan fingerprint density at radius 3 is 2.87 bits per heavy atom. The molecule has 0 aliphatic rings. The van der Waals surface area contributed by atoms with Gasteiger partial charge in [0.25, 0.3) is 0 Å². The molecule has 0 fully saturated rings. The number of likely N-dealkylation sites (N-methyl/N-ethyl adjacent to an activating group) is 1. The summed E-state index contributed by atoms with van der Waals surface area (Å²) in [5.41, 5.74) is 0. The second kappa shape index (κ2) is 5.88. The number of ether oxygens (including phenoxy) is 1. The third-order valence-electron chi connectivity index (χ3n) is 1.88. The van der Waals surface area contributed by atoms with Gasteiger partial charge in [0.1, 0.15) is 5.82 Å². The molecule has 0 atom stereocenters. The lowest BCUT2D eigenvalue weighted by molar-refractivity contribution is 0.0845. The third-order valence-corrected chi connectivity index (χ3v) is 2.06. The summed E-state index contributed by atoms with van der Waals surface area (Å²) in [6.07, 6.45) is 1.90. The van der Waals surface area contributed by atoms with E-state index in [1.807, 2.05) is 31.9 Å². The van der Waals surface area contributed by atoms with Gasteiger partial charge in [-0.25, -0.2) is 9.97 Å². The van der Waals surface area contributed by atoms with E-state index in [1.54, 1.807) is 6.20 Å². The topological polar surface area (TPSA) is 38.2 Å². The molecule has 0 N–H and O–H groups in total. The van der Waals surface area contributed by atoms with Gasteiger partial charge in [-0.1, -0.05) is 0 Å². The summed E-state index contributed by atoms with van der Waals surface area (Å²) >= 11 is 5.69. The van der Waals surface area contributed by atoms with Gasteiger partial charge in [-0.05, 0) is 31.5 Å². The molecule has 0 unspecified atom stereocenters. The van der Waals surface area contributed by atoms with Gasteiger partial charge < -0.3 is 9.64 Å². The van der Waals surface area contributed by atoms with E-state index in [-0.39, 0.29) is 11.4 Å². The van der Waals surface area contributed by atoms with Crippen LogP contribution in [0.5, 0.6) is 0 Å². The van der Waals surface area contributed by atoms with E-state index in [2.05, 4.69) is 9.97 Å². The highest BCUT2D eigenvalue weighted by Crippen LogP contribution is 2.09. The number of nitrogens with zero attached hydrogens (tertiary/aromatic N) is 3. The molecular formula is C10H16ClN3O. The Morgan fingerprint density at radius 2 is 2.27 bits per heavy atom. The summed E-state index contributed by atoms with van der Waals surface area (Å²) in [6.45, 7) is 5.49. The molecule has 0 radical (unpaired) electrons. The molecule has 4 nitrogen and oxygen atoms in total. The van der Waals surface area contributed by atoms with Crippen molar-refractivity contribution in [3.8, 4) is 0 Å². The molecule has 1 heterocycles. The first-order chi connectivity index (χ1) is 7.09. The smallest absolute Gasteiger partial charge is 0.224 e. The van der Waals surface area contributed by atoms with Crippen LogP contribution in [0.3, 0.4) is 0 Å². The molecule has 1 aromatic heterocycles. The first-order valence-electron chi connectivity index (χ1n) is 4.91. The minimum absolute atomic E-state index is 0.257. The van der Waals surface area contributed by atoms with Crippen LogP contribution in [0, 0.1) is 0 Å². The van der Waals surface area contributed by atoms with Crippen LogP contribution >= 0.6 is 11.6 Å². The number of halogens is 1. The molecule has 0 amide bonds. The average molecular weight is 230 g/mol. The Morgan fingerprint density at radius 1 is 1.53 bits per heavy atom. The van der Waals surface area contributed by atoms with E-state index in [4.69, 9.17) is 16.3 Å². The van der Waals surface area contributed by atoms with Crippen LogP contribution in [0.4, 0.5) is 5.82 Å². The zero-order valence-electron chi connectivity index (χ0n) is 9.27. The Balaban J connectivity index is 2.43. The van der Waals surface area contributed by atoms with Crippen LogP contribution in [0.25, 0.3) is 0 Å². The molecule has 0 saturated heterocycles. The zero-order valence-corrected chi connectivity index (χ0v) is 10.0. The summed E-state index contributed by atoms with van der Waals surface area (Å²) in [5, 5.41) is 0.268. The van der Waals surface area contributed by atoms with Gasteiger partial charge in [-0.2, -0.15) is 0 Å². The third kappa shape index (κ3) is 4.44. The second-order valence-electron chi connectivity index (χ2n) is 3.52. The number of hydrogen-bond acceptors (Lipinski definition) is 4. The predicted octanol–water partition coefficient (Wildman–Crippen LogP) is 1.99. The maximum atomic E-state index is 5.69. The quantitative estimate of drug-likeness (QED) is 0.724. The maximum absolute atomic E-state index is 5.69. The fraction of sp³-hybridized carbons (Fsp3) is 0.600. The van der Waals surface area contributed by atoms with Gasteiger partial charge in [-0.15, -0.1) is 0 Å². The van der Waals surface area contributed by atoms with Gasteiger partial charge in [-0.3, -0.25) is 0 Å². The lowest BCUT2D eigenvalue weighted by atomic mass is 10.4. The summed E-state index contributed by atoms with van der Waals surface area (Å²) < 4.78 is 5.45. The molecular weight excluding hydrogens is 214 g/mol. The van der Waals surface area contributed by atoms with Crippen molar-refractivity contribution in [2.24, 2.45) is 0 Å². The zero-order chi connectivity index (χ0) is 11.3. The van der Waals surface area contributed by atoms with E-state index < -0.39 is 0 Å². The highest BCUT2D eigenvalue weighted by atomic mass is 35.5. The minimum atomic E-state index is 0.257. The molecule has 1 aromatic rings. The SMILES string of the molecule is CC(C)OCCN(C)c1ccnc(Cl)n1. The normalized spacial score (nSPS) is 10.7. The Bertz CT molecular complexity index is 306. The van der Waals surface area contributed by atoms with E-state index in [1.165, 1.54) is 0 Å². The van der Waals surface area contributed by atoms with Gasteiger partial charge in [0.05, 0.1) is 12.7 Å². The largest absolute Gasteiger partial charge is 0.377 e. The number of rotatable bonds is 5. The molecule has 0 aliphatic carbocycles. The van der Waals surface area contributed by atoms with Gasteiger partial charge in [0, 0.05) is 19.8 Å². The number of aromatic nitrogens is 2. The van der Waals surface area contributed by atoms with E-state index in [0.29, 0.717) is 6.61 Å². The summed E-state index contributed by atoms with van der Waals surface area (Å²) in [6, 6.07) is 1.82. The van der Waals surface area contributed by atoms with E-state index in [0.717, 1.165) is 12.4 Å². The summed E-state index contributed by atoms with van der Waals surface area (Å²) in [7, 11) is 1.95. The minimum Gasteiger partial charge on any atom is -0.377 e. The van der Waals surface area contributed by atoms with Crippen molar-refractivity contribution in [2.45, 2.75) is 20.0 Å². The Hall–Kier alpha value is -0.870. The van der Waals surface area contributed by atoms with Crippen molar-refractivity contribution in [2.75, 3.05) is 25.1 Å². The maximum Gasteiger partial charge on any atom is 0.224 e. The molecule has 5 heteroatoms. The van der Waals surface area contributed by atoms with Crippen molar-refractivity contribution in [3.63, 3.8) is 0 Å². The van der Waals surface area contributed by atoms with Crippen LogP contribution in [0.2, 0.25) is 5.28 Å². The van der Waals surface area contributed by atoms with E-state index >= 15 is 0 Å². The Kier molecular flexibility index (Phi) is 4.78. The highest BCUT2D eigenvalue weighted by Gasteiger charge is 2.03. The molecule has 0 spiro atoms. The molecule has 1 rings (SSSR count). The van der Waals surface area contributed by atoms with Crippen molar-refractivity contribution in [1.82, 2.24) is 9.97 Å². The van der Waals surface area contributed by atoms with Crippen LogP contribution in [0.1, 0.15) is 13.8 Å². The molecule has 15 heavy (non-hydrogen) atoms. The fourth-order valence-electron chi connectivity index (χ4n) is 1.08. The van der Waals surface area contributed by atoms with Gasteiger partial charge in [0.15, 0.2) is 0 Å². The molecule has 84 valence electrons. The van der Waals surface area contributed by atoms with Crippen molar-refractivity contribution in [3.05, 3.63) is 17.5 Å². The van der Waals surface area contributed by atoms with Crippen molar-refractivity contribution < 1.29 is 4.74 Å². The number of hydrogen-bond donors (Lipinski definition) is 0. The van der Waals surface area contributed by atoms with Crippen molar-refractivity contribution >= 4 is 17.4 Å². The van der Waals surface area contributed by atoms with Gasteiger partial charge >= 0.3 is 0 Å². The summed E-state index contributed by atoms with van der Waals surface area (Å²) in [4.78, 5) is 9.90. The monoisotopic (exact) mass is 229 g/mol. The highest BCUT2D eigenvalue weighted by molar-refractivity contribution is 6.28. The fourth-order valence-corrected chi connectivity index (χ4v) is 1.22. The lowest BCUT2D eigenvalue weighted by Crippen LogP contribution is -2.24. The molecule has 0 saturated carbocycles. The molecule has 0 bridgehead atoms. The van der Waals surface area contributed by atoms with Gasteiger partial charge in [0.2, 0.25) is 5.28 Å². The summed E-state index contributed by atoms with van der Waals surface area (Å²) in [5.74, 6) is 0.808. The lowest BCUT2D eigenvalue weighted by Gasteiger charge is -2.18. The Labute approximate surface area is 95.2 Å². The van der Waals surface area contributed by atoms with Crippen molar-refractivity contribution in [1.29, 1.82) is 0 Å². The standard InChI is InChI=1S/C10H16ClN3O/c1-8(2)15-7-6-14(3)9-4-5-12-10(11)13-9/h4-5,8H,6-7H2,1-3H3. The molecule has 0 aromatic carbocycles. The first kappa shape index (κ1) is 12.2.